The van der Waals surface area contributed by atoms with Crippen molar-refractivity contribution in [3.63, 3.8) is 0 Å². The molecule has 94 valence electrons. The third kappa shape index (κ3) is 1.59. The van der Waals surface area contributed by atoms with Gasteiger partial charge in [0.05, 0.1) is 0 Å². The molecule has 0 saturated carbocycles. The van der Waals surface area contributed by atoms with Crippen LogP contribution >= 0.6 is 0 Å². The van der Waals surface area contributed by atoms with Gasteiger partial charge in [0.15, 0.2) is 5.82 Å². The number of aryl methyl sites for hydroxylation is 1. The second kappa shape index (κ2) is 3.94. The molecule has 1 aliphatic rings. The van der Waals surface area contributed by atoms with Gasteiger partial charge in [-0.25, -0.2) is 4.98 Å². The fourth-order valence-electron chi connectivity index (χ4n) is 2.16. The Bertz CT molecular complexity index is 607. The summed E-state index contributed by atoms with van der Waals surface area (Å²) in [5.74, 6) is 1.49. The lowest BCUT2D eigenvalue weighted by atomic mass is 10.2. The van der Waals surface area contributed by atoms with Gasteiger partial charge in [0.25, 0.3) is 0 Å². The SMILES string of the molecule is Cc1nnc2c(NC3CCN(C)C3=O)nccn12. The van der Waals surface area contributed by atoms with Gasteiger partial charge < -0.3 is 10.2 Å². The second-order valence-corrected chi connectivity index (χ2v) is 4.46. The standard InChI is InChI=1S/C11H14N6O/c1-7-14-15-10-9(12-4-6-17(7)10)13-8-3-5-16(2)11(8)18/h4,6,8H,3,5H2,1-2H3,(H,12,13). The van der Waals surface area contributed by atoms with Crippen molar-refractivity contribution in [1.29, 1.82) is 0 Å². The van der Waals surface area contributed by atoms with Crippen LogP contribution in [0.3, 0.4) is 0 Å². The van der Waals surface area contributed by atoms with Gasteiger partial charge in [-0.3, -0.25) is 9.20 Å². The highest BCUT2D eigenvalue weighted by Crippen LogP contribution is 2.17. The largest absolute Gasteiger partial charge is 0.355 e. The van der Waals surface area contributed by atoms with Crippen LogP contribution in [0.15, 0.2) is 12.4 Å². The first-order chi connectivity index (χ1) is 8.66. The molecule has 3 rings (SSSR count). The topological polar surface area (TPSA) is 75.4 Å². The number of rotatable bonds is 2. The van der Waals surface area contributed by atoms with Gasteiger partial charge in [-0.2, -0.15) is 0 Å². The Balaban J connectivity index is 1.93. The van der Waals surface area contributed by atoms with Gasteiger partial charge in [-0.15, -0.1) is 10.2 Å². The van der Waals surface area contributed by atoms with Crippen LogP contribution in [0.25, 0.3) is 5.65 Å². The summed E-state index contributed by atoms with van der Waals surface area (Å²) in [5, 5.41) is 11.2. The van der Waals surface area contributed by atoms with E-state index in [-0.39, 0.29) is 11.9 Å². The van der Waals surface area contributed by atoms with E-state index in [4.69, 9.17) is 0 Å². The number of fused-ring (bicyclic) bond motifs is 1. The molecule has 0 bridgehead atoms. The fourth-order valence-corrected chi connectivity index (χ4v) is 2.16. The summed E-state index contributed by atoms with van der Waals surface area (Å²) in [4.78, 5) is 17.8. The first kappa shape index (κ1) is 10.9. The lowest BCUT2D eigenvalue weighted by molar-refractivity contribution is -0.127. The van der Waals surface area contributed by atoms with Crippen molar-refractivity contribution in [2.24, 2.45) is 0 Å². The van der Waals surface area contributed by atoms with Crippen LogP contribution in [-0.4, -0.2) is 50.0 Å². The van der Waals surface area contributed by atoms with E-state index in [2.05, 4.69) is 20.5 Å². The zero-order valence-corrected chi connectivity index (χ0v) is 10.3. The van der Waals surface area contributed by atoms with Crippen LogP contribution in [0.2, 0.25) is 0 Å². The molecular formula is C11H14N6O. The smallest absolute Gasteiger partial charge is 0.244 e. The molecule has 0 radical (unpaired) electrons. The maximum Gasteiger partial charge on any atom is 0.244 e. The molecule has 1 aliphatic heterocycles. The molecule has 1 atom stereocenters. The minimum absolute atomic E-state index is 0.0926. The number of likely N-dealkylation sites (tertiary alicyclic amines) is 1. The molecule has 1 unspecified atom stereocenters. The highest BCUT2D eigenvalue weighted by Gasteiger charge is 2.29. The highest BCUT2D eigenvalue weighted by molar-refractivity contribution is 5.87. The highest BCUT2D eigenvalue weighted by atomic mass is 16.2. The zero-order chi connectivity index (χ0) is 12.7. The van der Waals surface area contributed by atoms with Gasteiger partial charge in [0, 0.05) is 26.0 Å². The third-order valence-electron chi connectivity index (χ3n) is 3.24. The Hall–Kier alpha value is -2.18. The fraction of sp³-hybridized carbons (Fsp3) is 0.455. The van der Waals surface area contributed by atoms with E-state index in [1.165, 1.54) is 0 Å². The minimum Gasteiger partial charge on any atom is -0.355 e. The van der Waals surface area contributed by atoms with E-state index < -0.39 is 0 Å². The van der Waals surface area contributed by atoms with E-state index in [1.807, 2.05) is 11.3 Å². The summed E-state index contributed by atoms with van der Waals surface area (Å²) in [6.45, 7) is 2.64. The number of carbonyl (C=O) groups is 1. The number of aromatic nitrogens is 4. The molecule has 7 nitrogen and oxygen atoms in total. The first-order valence-electron chi connectivity index (χ1n) is 5.84. The minimum atomic E-state index is -0.217. The molecule has 18 heavy (non-hydrogen) atoms. The number of amides is 1. The third-order valence-corrected chi connectivity index (χ3v) is 3.24. The average molecular weight is 246 g/mol. The summed E-state index contributed by atoms with van der Waals surface area (Å²) in [6, 6.07) is -0.217. The number of hydrogen-bond acceptors (Lipinski definition) is 5. The van der Waals surface area contributed by atoms with E-state index >= 15 is 0 Å². The lowest BCUT2D eigenvalue weighted by Gasteiger charge is -2.12. The van der Waals surface area contributed by atoms with Crippen molar-refractivity contribution in [2.75, 3.05) is 18.9 Å². The lowest BCUT2D eigenvalue weighted by Crippen LogP contribution is -2.31. The van der Waals surface area contributed by atoms with Gasteiger partial charge in [-0.05, 0) is 13.3 Å². The maximum atomic E-state index is 11.8. The maximum absolute atomic E-state index is 11.8. The Morgan fingerprint density at radius 1 is 1.44 bits per heavy atom. The summed E-state index contributed by atoms with van der Waals surface area (Å²) >= 11 is 0. The molecule has 1 amide bonds. The molecule has 0 aromatic carbocycles. The number of carbonyl (C=O) groups excluding carboxylic acids is 1. The monoisotopic (exact) mass is 246 g/mol. The van der Waals surface area contributed by atoms with Crippen molar-refractivity contribution in [2.45, 2.75) is 19.4 Å². The number of anilines is 1. The van der Waals surface area contributed by atoms with Crippen LogP contribution in [0.1, 0.15) is 12.2 Å². The molecule has 0 spiro atoms. The molecule has 7 heteroatoms. The van der Waals surface area contributed by atoms with Crippen LogP contribution in [0.4, 0.5) is 5.82 Å². The molecule has 2 aromatic rings. The first-order valence-corrected chi connectivity index (χ1v) is 5.84. The van der Waals surface area contributed by atoms with Crippen LogP contribution in [0, 0.1) is 6.92 Å². The van der Waals surface area contributed by atoms with Crippen molar-refractivity contribution < 1.29 is 4.79 Å². The Kier molecular flexibility index (Phi) is 2.39. The van der Waals surface area contributed by atoms with E-state index in [0.717, 1.165) is 18.8 Å². The van der Waals surface area contributed by atoms with Crippen molar-refractivity contribution in [3.8, 4) is 0 Å². The second-order valence-electron chi connectivity index (χ2n) is 4.46. The summed E-state index contributed by atoms with van der Waals surface area (Å²) < 4.78 is 1.85. The van der Waals surface area contributed by atoms with E-state index in [9.17, 15) is 4.79 Å². The number of nitrogens with one attached hydrogen (secondary N) is 1. The number of likely N-dealkylation sites (N-methyl/N-ethyl adjacent to an activating group) is 1. The summed E-state index contributed by atoms with van der Waals surface area (Å²) in [6.07, 6.45) is 4.26. The average Bonchev–Trinajstić information content (AvgIpc) is 2.89. The van der Waals surface area contributed by atoms with Gasteiger partial charge in [0.1, 0.15) is 11.9 Å². The molecule has 1 N–H and O–H groups in total. The van der Waals surface area contributed by atoms with Gasteiger partial charge >= 0.3 is 0 Å². The van der Waals surface area contributed by atoms with E-state index in [0.29, 0.717) is 11.5 Å². The normalized spacial score (nSPS) is 19.8. The van der Waals surface area contributed by atoms with Gasteiger partial charge in [-0.1, -0.05) is 0 Å². The molecule has 0 aliphatic carbocycles. The Morgan fingerprint density at radius 2 is 2.28 bits per heavy atom. The Labute approximate surface area is 104 Å². The van der Waals surface area contributed by atoms with Gasteiger partial charge in [0.2, 0.25) is 11.6 Å². The van der Waals surface area contributed by atoms with Crippen LogP contribution in [0.5, 0.6) is 0 Å². The number of nitrogens with zero attached hydrogens (tertiary/aromatic N) is 5. The molecule has 2 aromatic heterocycles. The molecule has 1 fully saturated rings. The summed E-state index contributed by atoms with van der Waals surface area (Å²) in [5.41, 5.74) is 0.650. The number of hydrogen-bond donors (Lipinski definition) is 1. The van der Waals surface area contributed by atoms with Crippen LogP contribution < -0.4 is 5.32 Å². The molecule has 1 saturated heterocycles. The summed E-state index contributed by atoms with van der Waals surface area (Å²) in [7, 11) is 1.80. The quantitative estimate of drug-likeness (QED) is 0.812. The van der Waals surface area contributed by atoms with Crippen LogP contribution in [-0.2, 0) is 4.79 Å². The van der Waals surface area contributed by atoms with Crippen molar-refractivity contribution in [1.82, 2.24) is 24.5 Å². The van der Waals surface area contributed by atoms with Crippen molar-refractivity contribution in [3.05, 3.63) is 18.2 Å². The Morgan fingerprint density at radius 3 is 3.00 bits per heavy atom. The molecular weight excluding hydrogens is 232 g/mol. The zero-order valence-electron chi connectivity index (χ0n) is 10.3. The predicted molar refractivity (Wildman–Crippen MR) is 65.2 cm³/mol. The van der Waals surface area contributed by atoms with E-state index in [1.54, 1.807) is 24.3 Å². The van der Waals surface area contributed by atoms with Crippen molar-refractivity contribution >= 4 is 17.4 Å². The molecule has 3 heterocycles. The predicted octanol–water partition coefficient (Wildman–Crippen LogP) is 0.0753.